The number of ether oxygens (including phenoxy) is 1. The van der Waals surface area contributed by atoms with Gasteiger partial charge in [-0.05, 0) is 74.8 Å². The molecule has 2 N–H and O–H groups in total. The first-order valence-corrected chi connectivity index (χ1v) is 12.3. The lowest BCUT2D eigenvalue weighted by atomic mass is 9.81. The fraction of sp³-hybridized carbons (Fsp3) is 0.458. The third-order valence-electron chi connectivity index (χ3n) is 5.98. The fourth-order valence-corrected chi connectivity index (χ4v) is 5.04. The standard InChI is InChI=1S/C24H32N2O4S/c1-18-3-5-19(6-4-18)15-16-25-24(27)21-9-7-20(8-10-21)17-26-31(28,29)23-13-11-22(30-2)12-14-23/h3-6,11-14,20-21,26H,7-10,15-17H2,1-2H3,(H,25,27). The molecule has 0 saturated heterocycles. The number of sulfonamides is 1. The van der Waals surface area contributed by atoms with E-state index in [-0.39, 0.29) is 22.6 Å². The highest BCUT2D eigenvalue weighted by Crippen LogP contribution is 2.29. The fourth-order valence-electron chi connectivity index (χ4n) is 3.92. The Kier molecular flexibility index (Phi) is 8.09. The van der Waals surface area contributed by atoms with Gasteiger partial charge in [0.15, 0.2) is 0 Å². The minimum absolute atomic E-state index is 0.0208. The maximum atomic E-state index is 12.5. The molecule has 1 saturated carbocycles. The van der Waals surface area contributed by atoms with E-state index in [1.165, 1.54) is 11.1 Å². The summed E-state index contributed by atoms with van der Waals surface area (Å²) in [5, 5.41) is 3.06. The molecular formula is C24H32N2O4S. The van der Waals surface area contributed by atoms with Crippen LogP contribution in [0.4, 0.5) is 0 Å². The van der Waals surface area contributed by atoms with Gasteiger partial charge in [0.1, 0.15) is 5.75 Å². The van der Waals surface area contributed by atoms with Gasteiger partial charge >= 0.3 is 0 Å². The summed E-state index contributed by atoms with van der Waals surface area (Å²) < 4.78 is 32.8. The summed E-state index contributed by atoms with van der Waals surface area (Å²) in [6.45, 7) is 3.10. The Hall–Kier alpha value is -2.38. The SMILES string of the molecule is COc1ccc(S(=O)(=O)NCC2CCC(C(=O)NCCc3ccc(C)cc3)CC2)cc1. The first-order valence-electron chi connectivity index (χ1n) is 10.8. The van der Waals surface area contributed by atoms with Crippen LogP contribution >= 0.6 is 0 Å². The van der Waals surface area contributed by atoms with Crippen LogP contribution in [0.15, 0.2) is 53.4 Å². The second-order valence-electron chi connectivity index (χ2n) is 8.27. The van der Waals surface area contributed by atoms with Crippen LogP contribution in [0.25, 0.3) is 0 Å². The second-order valence-corrected chi connectivity index (χ2v) is 10.0. The summed E-state index contributed by atoms with van der Waals surface area (Å²) in [5.41, 5.74) is 2.45. The molecule has 1 amide bonds. The van der Waals surface area contributed by atoms with Crippen molar-refractivity contribution in [3.8, 4) is 5.75 Å². The van der Waals surface area contributed by atoms with Gasteiger partial charge in [-0.15, -0.1) is 0 Å². The van der Waals surface area contributed by atoms with E-state index in [2.05, 4.69) is 41.2 Å². The molecule has 0 unspecified atom stereocenters. The number of benzene rings is 2. The summed E-state index contributed by atoms with van der Waals surface area (Å²) in [6.07, 6.45) is 4.12. The van der Waals surface area contributed by atoms with Gasteiger partial charge in [-0.25, -0.2) is 13.1 Å². The zero-order valence-electron chi connectivity index (χ0n) is 18.3. The van der Waals surface area contributed by atoms with Crippen molar-refractivity contribution in [2.24, 2.45) is 11.8 Å². The van der Waals surface area contributed by atoms with E-state index >= 15 is 0 Å². The summed E-state index contributed by atoms with van der Waals surface area (Å²) in [4.78, 5) is 12.7. The number of rotatable bonds is 9. The van der Waals surface area contributed by atoms with Gasteiger partial charge in [0, 0.05) is 19.0 Å². The summed E-state index contributed by atoms with van der Waals surface area (Å²) in [6, 6.07) is 14.7. The lowest BCUT2D eigenvalue weighted by molar-refractivity contribution is -0.126. The number of amides is 1. The average molecular weight is 445 g/mol. The topological polar surface area (TPSA) is 84.5 Å². The molecule has 0 radical (unpaired) electrons. The van der Waals surface area contributed by atoms with E-state index in [1.807, 2.05) is 0 Å². The van der Waals surface area contributed by atoms with Crippen molar-refractivity contribution in [2.45, 2.75) is 43.9 Å². The highest BCUT2D eigenvalue weighted by atomic mass is 32.2. The molecule has 6 nitrogen and oxygen atoms in total. The quantitative estimate of drug-likeness (QED) is 0.620. The third-order valence-corrected chi connectivity index (χ3v) is 7.42. The zero-order chi connectivity index (χ0) is 22.3. The molecule has 1 aliphatic carbocycles. The van der Waals surface area contributed by atoms with Crippen LogP contribution in [0.1, 0.15) is 36.8 Å². The molecule has 2 aromatic carbocycles. The molecule has 2 aromatic rings. The van der Waals surface area contributed by atoms with Gasteiger partial charge in [0.05, 0.1) is 12.0 Å². The minimum atomic E-state index is -3.54. The molecule has 168 valence electrons. The van der Waals surface area contributed by atoms with E-state index in [9.17, 15) is 13.2 Å². The minimum Gasteiger partial charge on any atom is -0.497 e. The largest absolute Gasteiger partial charge is 0.497 e. The lowest BCUT2D eigenvalue weighted by Crippen LogP contribution is -2.36. The average Bonchev–Trinajstić information content (AvgIpc) is 2.79. The highest BCUT2D eigenvalue weighted by Gasteiger charge is 2.27. The summed E-state index contributed by atoms with van der Waals surface area (Å²) >= 11 is 0. The molecule has 0 aliphatic heterocycles. The first-order chi connectivity index (χ1) is 14.9. The maximum absolute atomic E-state index is 12.5. The monoisotopic (exact) mass is 444 g/mol. The van der Waals surface area contributed by atoms with Crippen molar-refractivity contribution in [1.29, 1.82) is 0 Å². The Morgan fingerprint density at radius 3 is 2.26 bits per heavy atom. The van der Waals surface area contributed by atoms with Gasteiger partial charge in [0.2, 0.25) is 15.9 Å². The third kappa shape index (κ3) is 6.80. The highest BCUT2D eigenvalue weighted by molar-refractivity contribution is 7.89. The lowest BCUT2D eigenvalue weighted by Gasteiger charge is -2.28. The van der Waals surface area contributed by atoms with Gasteiger partial charge in [-0.3, -0.25) is 4.79 Å². The molecule has 0 heterocycles. The van der Waals surface area contributed by atoms with E-state index in [4.69, 9.17) is 4.74 Å². The molecule has 0 spiro atoms. The van der Waals surface area contributed by atoms with Crippen molar-refractivity contribution in [3.05, 3.63) is 59.7 Å². The number of aryl methyl sites for hydroxylation is 1. The Morgan fingerprint density at radius 2 is 1.65 bits per heavy atom. The molecule has 31 heavy (non-hydrogen) atoms. The second kappa shape index (κ2) is 10.8. The number of nitrogens with one attached hydrogen (secondary N) is 2. The van der Waals surface area contributed by atoms with Gasteiger partial charge in [-0.2, -0.15) is 0 Å². The van der Waals surface area contributed by atoms with Crippen molar-refractivity contribution in [1.82, 2.24) is 10.0 Å². The van der Waals surface area contributed by atoms with Crippen molar-refractivity contribution in [2.75, 3.05) is 20.2 Å². The Bertz CT molecular complexity index is 948. The van der Waals surface area contributed by atoms with Crippen LogP contribution in [0.3, 0.4) is 0 Å². The summed E-state index contributed by atoms with van der Waals surface area (Å²) in [5.74, 6) is 1.01. The van der Waals surface area contributed by atoms with Gasteiger partial charge < -0.3 is 10.1 Å². The predicted octanol–water partition coefficient (Wildman–Crippen LogP) is 3.45. The van der Waals surface area contributed by atoms with Crippen LogP contribution in [0.5, 0.6) is 5.75 Å². The van der Waals surface area contributed by atoms with Gasteiger partial charge in [0.25, 0.3) is 0 Å². The van der Waals surface area contributed by atoms with Crippen LogP contribution in [0, 0.1) is 18.8 Å². The number of carbonyl (C=O) groups excluding carboxylic acids is 1. The molecule has 0 bridgehead atoms. The normalized spacial score (nSPS) is 19.0. The Balaban J connectivity index is 1.38. The van der Waals surface area contributed by atoms with Crippen molar-refractivity contribution in [3.63, 3.8) is 0 Å². The molecule has 0 atom stereocenters. The van der Waals surface area contributed by atoms with Gasteiger partial charge in [-0.1, -0.05) is 29.8 Å². The maximum Gasteiger partial charge on any atom is 0.240 e. The molecule has 3 rings (SSSR count). The Labute approximate surface area is 185 Å². The Morgan fingerprint density at radius 1 is 1.00 bits per heavy atom. The zero-order valence-corrected chi connectivity index (χ0v) is 19.1. The van der Waals surface area contributed by atoms with E-state index in [0.29, 0.717) is 18.8 Å². The summed E-state index contributed by atoms with van der Waals surface area (Å²) in [7, 11) is -2.00. The number of hydrogen-bond acceptors (Lipinski definition) is 4. The van der Waals surface area contributed by atoms with Crippen LogP contribution in [0.2, 0.25) is 0 Å². The number of carbonyl (C=O) groups is 1. The molecule has 1 aliphatic rings. The number of hydrogen-bond donors (Lipinski definition) is 2. The van der Waals surface area contributed by atoms with E-state index in [0.717, 1.165) is 32.1 Å². The molecule has 1 fully saturated rings. The van der Waals surface area contributed by atoms with Crippen molar-refractivity contribution < 1.29 is 17.9 Å². The van der Waals surface area contributed by atoms with Crippen molar-refractivity contribution >= 4 is 15.9 Å². The first kappa shape index (κ1) is 23.3. The molecular weight excluding hydrogens is 412 g/mol. The van der Waals surface area contributed by atoms with Crippen LogP contribution in [-0.4, -0.2) is 34.5 Å². The predicted molar refractivity (Wildman–Crippen MR) is 122 cm³/mol. The number of methoxy groups -OCH3 is 1. The van der Waals surface area contributed by atoms with Crippen LogP contribution in [-0.2, 0) is 21.2 Å². The van der Waals surface area contributed by atoms with Crippen LogP contribution < -0.4 is 14.8 Å². The molecule has 0 aromatic heterocycles. The van der Waals surface area contributed by atoms with E-state index in [1.54, 1.807) is 31.4 Å². The van der Waals surface area contributed by atoms with E-state index < -0.39 is 10.0 Å². The smallest absolute Gasteiger partial charge is 0.240 e. The molecule has 7 heteroatoms.